The molecule has 2 aromatic rings. The summed E-state index contributed by atoms with van der Waals surface area (Å²) in [4.78, 5) is 0. The molecule has 2 N–H and O–H groups in total. The summed E-state index contributed by atoms with van der Waals surface area (Å²) in [5, 5.41) is 9.87. The minimum absolute atomic E-state index is 0.391. The molecule has 0 heterocycles. The van der Waals surface area contributed by atoms with Crippen molar-refractivity contribution in [2.75, 3.05) is 0 Å². The van der Waals surface area contributed by atoms with Crippen molar-refractivity contribution >= 4 is 45.8 Å². The Labute approximate surface area is 150 Å². The van der Waals surface area contributed by atoms with E-state index >= 15 is 0 Å². The van der Waals surface area contributed by atoms with Gasteiger partial charge in [-0.05, 0) is 37.1 Å². The van der Waals surface area contributed by atoms with Crippen LogP contribution in [-0.2, 0) is 5.75 Å². The first-order chi connectivity index (χ1) is 11.0. The van der Waals surface area contributed by atoms with E-state index in [2.05, 4.69) is 10.2 Å². The van der Waals surface area contributed by atoms with Crippen molar-refractivity contribution in [3.05, 3.63) is 69.2 Å². The molecular formula is C17H17Cl2N3S. The molecule has 0 aliphatic heterocycles. The Morgan fingerprint density at radius 1 is 1.09 bits per heavy atom. The van der Waals surface area contributed by atoms with E-state index in [1.54, 1.807) is 12.1 Å². The van der Waals surface area contributed by atoms with Crippen LogP contribution in [-0.4, -0.2) is 10.9 Å². The van der Waals surface area contributed by atoms with E-state index in [-0.39, 0.29) is 0 Å². The van der Waals surface area contributed by atoms with Crippen LogP contribution >= 0.6 is 35.0 Å². The zero-order valence-electron chi connectivity index (χ0n) is 12.9. The summed E-state index contributed by atoms with van der Waals surface area (Å²) in [6.45, 7) is 3.95. The average molecular weight is 366 g/mol. The Hall–Kier alpha value is -1.49. The van der Waals surface area contributed by atoms with Crippen LogP contribution in [0.25, 0.3) is 0 Å². The molecule has 2 rings (SSSR count). The number of nitrogens with two attached hydrogens (primary N) is 1. The smallest absolute Gasteiger partial charge is 0.180 e. The van der Waals surface area contributed by atoms with Crippen LogP contribution < -0.4 is 5.73 Å². The molecule has 120 valence electrons. The highest BCUT2D eigenvalue weighted by Crippen LogP contribution is 2.24. The van der Waals surface area contributed by atoms with Gasteiger partial charge in [0.15, 0.2) is 5.17 Å². The molecule has 23 heavy (non-hydrogen) atoms. The van der Waals surface area contributed by atoms with Gasteiger partial charge in [-0.2, -0.15) is 5.10 Å². The molecule has 0 aromatic heterocycles. The summed E-state index contributed by atoms with van der Waals surface area (Å²) in [6, 6.07) is 13.5. The van der Waals surface area contributed by atoms with Gasteiger partial charge in [0, 0.05) is 15.8 Å². The van der Waals surface area contributed by atoms with Crippen LogP contribution in [0.5, 0.6) is 0 Å². The van der Waals surface area contributed by atoms with Gasteiger partial charge in [-0.15, -0.1) is 5.10 Å². The van der Waals surface area contributed by atoms with Crippen LogP contribution in [0.4, 0.5) is 0 Å². The summed E-state index contributed by atoms with van der Waals surface area (Å²) in [6.07, 6.45) is 0. The quantitative estimate of drug-likeness (QED) is 0.455. The molecule has 3 nitrogen and oxygen atoms in total. The maximum absolute atomic E-state index is 6.13. The lowest BCUT2D eigenvalue weighted by atomic mass is 10.1. The van der Waals surface area contributed by atoms with Gasteiger partial charge < -0.3 is 5.73 Å². The van der Waals surface area contributed by atoms with Gasteiger partial charge in [0.1, 0.15) is 0 Å². The lowest BCUT2D eigenvalue weighted by Gasteiger charge is -2.04. The zero-order valence-corrected chi connectivity index (χ0v) is 15.2. The number of hydrogen-bond donors (Lipinski definition) is 1. The molecule has 0 unspecified atom stereocenters. The molecule has 0 atom stereocenters. The van der Waals surface area contributed by atoms with Crippen LogP contribution in [0.15, 0.2) is 52.7 Å². The van der Waals surface area contributed by atoms with E-state index < -0.39 is 0 Å². The third-order valence-corrected chi connectivity index (χ3v) is 4.58. The Balaban J connectivity index is 1.99. The first kappa shape index (κ1) is 17.9. The minimum atomic E-state index is 0.391. The molecule has 0 bridgehead atoms. The van der Waals surface area contributed by atoms with Gasteiger partial charge in [-0.3, -0.25) is 0 Å². The zero-order chi connectivity index (χ0) is 16.8. The van der Waals surface area contributed by atoms with Crippen LogP contribution in [0.3, 0.4) is 0 Å². The molecular weight excluding hydrogens is 349 g/mol. The van der Waals surface area contributed by atoms with Crippen molar-refractivity contribution in [1.29, 1.82) is 0 Å². The van der Waals surface area contributed by atoms with Crippen molar-refractivity contribution in [3.8, 4) is 0 Å². The van der Waals surface area contributed by atoms with Gasteiger partial charge in [0.25, 0.3) is 0 Å². The van der Waals surface area contributed by atoms with Crippen LogP contribution in [0.2, 0.25) is 10.0 Å². The Morgan fingerprint density at radius 2 is 1.78 bits per heavy atom. The summed E-state index contributed by atoms with van der Waals surface area (Å²) >= 11 is 13.4. The van der Waals surface area contributed by atoms with Gasteiger partial charge in [0.05, 0.1) is 5.71 Å². The maximum Gasteiger partial charge on any atom is 0.180 e. The number of rotatable bonds is 4. The highest BCUT2D eigenvalue weighted by molar-refractivity contribution is 8.13. The number of hydrogen-bond acceptors (Lipinski definition) is 3. The van der Waals surface area contributed by atoms with Crippen LogP contribution in [0.1, 0.15) is 23.6 Å². The first-order valence-corrected chi connectivity index (χ1v) is 8.71. The monoisotopic (exact) mass is 365 g/mol. The predicted octanol–water partition coefficient (Wildman–Crippen LogP) is 5.27. The summed E-state index contributed by atoms with van der Waals surface area (Å²) in [5.41, 5.74) is 9.90. The molecule has 0 amide bonds. The number of aryl methyl sites for hydroxylation is 1. The Morgan fingerprint density at radius 3 is 2.43 bits per heavy atom. The minimum Gasteiger partial charge on any atom is -0.377 e. The number of thioether (sulfide) groups is 1. The molecule has 0 spiro atoms. The molecule has 0 fully saturated rings. The van der Waals surface area contributed by atoms with Gasteiger partial charge >= 0.3 is 0 Å². The van der Waals surface area contributed by atoms with E-state index in [0.29, 0.717) is 21.0 Å². The molecule has 0 radical (unpaired) electrons. The second-order valence-electron chi connectivity index (χ2n) is 5.01. The lowest BCUT2D eigenvalue weighted by molar-refractivity contribution is 1.22. The fourth-order valence-electron chi connectivity index (χ4n) is 1.80. The number of halogens is 2. The lowest BCUT2D eigenvalue weighted by Crippen LogP contribution is -2.07. The Bertz CT molecular complexity index is 740. The van der Waals surface area contributed by atoms with Crippen LogP contribution in [0, 0.1) is 6.92 Å². The number of benzene rings is 2. The highest BCUT2D eigenvalue weighted by atomic mass is 35.5. The number of nitrogens with zero attached hydrogens (tertiary/aromatic N) is 2. The van der Waals surface area contributed by atoms with E-state index in [1.807, 2.05) is 44.2 Å². The van der Waals surface area contributed by atoms with Crippen molar-refractivity contribution in [1.82, 2.24) is 0 Å². The molecule has 0 saturated heterocycles. The molecule has 6 heteroatoms. The predicted molar refractivity (Wildman–Crippen MR) is 103 cm³/mol. The average Bonchev–Trinajstić information content (AvgIpc) is 2.52. The van der Waals surface area contributed by atoms with E-state index in [1.165, 1.54) is 17.3 Å². The van der Waals surface area contributed by atoms with Gasteiger partial charge in [0.2, 0.25) is 0 Å². The summed E-state index contributed by atoms with van der Waals surface area (Å²) < 4.78 is 0. The third kappa shape index (κ3) is 5.57. The van der Waals surface area contributed by atoms with Gasteiger partial charge in [-0.25, -0.2) is 0 Å². The Kier molecular flexibility index (Phi) is 6.51. The fraction of sp³-hybridized carbons (Fsp3) is 0.176. The van der Waals surface area contributed by atoms with Crippen molar-refractivity contribution < 1.29 is 0 Å². The van der Waals surface area contributed by atoms with E-state index in [0.717, 1.165) is 16.8 Å². The van der Waals surface area contributed by atoms with Gasteiger partial charge in [-0.1, -0.05) is 70.9 Å². The highest BCUT2D eigenvalue weighted by Gasteiger charge is 2.03. The third-order valence-electron chi connectivity index (χ3n) is 3.16. The summed E-state index contributed by atoms with van der Waals surface area (Å²) in [7, 11) is 0. The first-order valence-electron chi connectivity index (χ1n) is 6.97. The largest absolute Gasteiger partial charge is 0.377 e. The topological polar surface area (TPSA) is 50.7 Å². The molecule has 0 saturated carbocycles. The van der Waals surface area contributed by atoms with Crippen molar-refractivity contribution in [2.45, 2.75) is 19.6 Å². The molecule has 0 aliphatic rings. The molecule has 2 aromatic carbocycles. The normalized spacial score (nSPS) is 12.5. The van der Waals surface area contributed by atoms with Crippen molar-refractivity contribution in [2.24, 2.45) is 15.9 Å². The standard InChI is InChI=1S/C17H17Cl2N3S/c1-11-3-5-13(6-4-11)12(2)21-22-17(20)23-10-14-7-8-15(18)9-16(14)19/h3-9H,10H2,1-2H3,(H2,20,22). The fourth-order valence-corrected chi connectivity index (χ4v) is 3.00. The van der Waals surface area contributed by atoms with E-state index in [4.69, 9.17) is 28.9 Å². The van der Waals surface area contributed by atoms with Crippen molar-refractivity contribution in [3.63, 3.8) is 0 Å². The van der Waals surface area contributed by atoms with E-state index in [9.17, 15) is 0 Å². The second-order valence-corrected chi connectivity index (χ2v) is 6.85. The second kappa shape index (κ2) is 8.39. The molecule has 0 aliphatic carbocycles. The maximum atomic E-state index is 6.13. The number of amidine groups is 1. The summed E-state index contributed by atoms with van der Waals surface area (Å²) in [5.74, 6) is 0.616. The SMILES string of the molecule is CC(=NN=C(N)SCc1ccc(Cl)cc1Cl)c1ccc(C)cc1.